The molecule has 1 amide bonds. The Balaban J connectivity index is 1.69. The molecule has 0 radical (unpaired) electrons. The van der Waals surface area contributed by atoms with Crippen LogP contribution in [0.25, 0.3) is 5.57 Å². The zero-order chi connectivity index (χ0) is 18.0. The highest BCUT2D eigenvalue weighted by Gasteiger charge is 2.19. The van der Waals surface area contributed by atoms with Gasteiger partial charge in [-0.1, -0.05) is 25.1 Å². The number of aryl methyl sites for hydroxylation is 2. The quantitative estimate of drug-likeness (QED) is 0.892. The van der Waals surface area contributed by atoms with Crippen molar-refractivity contribution < 1.29 is 9.32 Å². The van der Waals surface area contributed by atoms with Crippen LogP contribution in [-0.4, -0.2) is 43.8 Å². The molecule has 3 heterocycles. The number of anilines is 1. The number of amides is 1. The lowest BCUT2D eigenvalue weighted by Gasteiger charge is -2.25. The number of hydrogen-bond acceptors (Lipinski definition) is 6. The minimum absolute atomic E-state index is 0.0127. The Morgan fingerprint density at radius 1 is 1.44 bits per heavy atom. The molecule has 0 aliphatic carbocycles. The summed E-state index contributed by atoms with van der Waals surface area (Å²) in [7, 11) is 1.84. The molecule has 8 nitrogen and oxygen atoms in total. The van der Waals surface area contributed by atoms with E-state index in [0.717, 1.165) is 30.8 Å². The molecular weight excluding hydrogens is 320 g/mol. The van der Waals surface area contributed by atoms with Crippen LogP contribution in [-0.2, 0) is 18.4 Å². The van der Waals surface area contributed by atoms with Gasteiger partial charge in [0.25, 0.3) is 0 Å². The van der Waals surface area contributed by atoms with E-state index in [-0.39, 0.29) is 11.8 Å². The monoisotopic (exact) mass is 344 g/mol. The Labute approximate surface area is 146 Å². The van der Waals surface area contributed by atoms with Crippen molar-refractivity contribution in [1.29, 1.82) is 0 Å². The van der Waals surface area contributed by atoms with Crippen LogP contribution < -0.4 is 5.32 Å². The molecule has 1 aliphatic heterocycles. The van der Waals surface area contributed by atoms with Crippen LogP contribution in [0.3, 0.4) is 0 Å². The third kappa shape index (κ3) is 4.14. The van der Waals surface area contributed by atoms with E-state index in [2.05, 4.69) is 31.5 Å². The van der Waals surface area contributed by atoms with Crippen molar-refractivity contribution >= 4 is 17.3 Å². The summed E-state index contributed by atoms with van der Waals surface area (Å²) in [5.41, 5.74) is 2.03. The van der Waals surface area contributed by atoms with Gasteiger partial charge in [0.1, 0.15) is 5.82 Å². The van der Waals surface area contributed by atoms with E-state index in [0.29, 0.717) is 24.1 Å². The van der Waals surface area contributed by atoms with Crippen LogP contribution in [0.5, 0.6) is 0 Å². The van der Waals surface area contributed by atoms with Gasteiger partial charge in [0.05, 0.1) is 12.2 Å². The molecule has 0 atom stereocenters. The number of rotatable bonds is 5. The molecule has 1 aliphatic rings. The largest absolute Gasteiger partial charge is 0.340 e. The molecule has 25 heavy (non-hydrogen) atoms. The van der Waals surface area contributed by atoms with Crippen LogP contribution in [0.15, 0.2) is 16.7 Å². The summed E-state index contributed by atoms with van der Waals surface area (Å²) >= 11 is 0. The maximum Gasteiger partial charge on any atom is 0.228 e. The second-order valence-electron chi connectivity index (χ2n) is 6.64. The fourth-order valence-electron chi connectivity index (χ4n) is 2.74. The van der Waals surface area contributed by atoms with Crippen molar-refractivity contribution in [2.24, 2.45) is 13.0 Å². The Morgan fingerprint density at radius 3 is 2.92 bits per heavy atom. The third-order valence-electron chi connectivity index (χ3n) is 4.15. The standard InChI is InChI=1S/C17H24N6O2/c1-11(2)17(24)19-16-8-14(20-22(16)4)13-6-5-7-23(9-13)10-15-18-12(3)25-21-15/h6,8,11H,5,7,9-10H2,1-4H3,(H,19,24). The number of hydrogen-bond donors (Lipinski definition) is 1. The fourth-order valence-corrected chi connectivity index (χ4v) is 2.74. The van der Waals surface area contributed by atoms with Gasteiger partial charge in [0, 0.05) is 39.0 Å². The highest BCUT2D eigenvalue weighted by atomic mass is 16.5. The van der Waals surface area contributed by atoms with Crippen molar-refractivity contribution in [2.75, 3.05) is 18.4 Å². The van der Waals surface area contributed by atoms with Crippen molar-refractivity contribution in [2.45, 2.75) is 33.7 Å². The molecule has 134 valence electrons. The van der Waals surface area contributed by atoms with Crippen LogP contribution >= 0.6 is 0 Å². The molecule has 0 fully saturated rings. The summed E-state index contributed by atoms with van der Waals surface area (Å²) in [5, 5.41) is 11.4. The predicted molar refractivity (Wildman–Crippen MR) is 93.6 cm³/mol. The SMILES string of the molecule is Cc1nc(CN2CCC=C(c3cc(NC(=O)C(C)C)n(C)n3)C2)no1. The smallest absolute Gasteiger partial charge is 0.228 e. The second kappa shape index (κ2) is 7.18. The van der Waals surface area contributed by atoms with Gasteiger partial charge in [-0.2, -0.15) is 10.1 Å². The number of carbonyl (C=O) groups excluding carboxylic acids is 1. The van der Waals surface area contributed by atoms with E-state index in [1.165, 1.54) is 0 Å². The lowest BCUT2D eigenvalue weighted by atomic mass is 10.1. The Kier molecular flexibility index (Phi) is 4.98. The average Bonchev–Trinajstić information content (AvgIpc) is 3.14. The first-order chi connectivity index (χ1) is 11.9. The van der Waals surface area contributed by atoms with E-state index >= 15 is 0 Å². The number of nitrogens with zero attached hydrogens (tertiary/aromatic N) is 5. The van der Waals surface area contributed by atoms with Gasteiger partial charge in [-0.05, 0) is 12.0 Å². The molecule has 8 heteroatoms. The molecule has 0 unspecified atom stereocenters. The first-order valence-corrected chi connectivity index (χ1v) is 8.48. The van der Waals surface area contributed by atoms with Gasteiger partial charge >= 0.3 is 0 Å². The summed E-state index contributed by atoms with van der Waals surface area (Å²) in [6.45, 7) is 7.89. The first kappa shape index (κ1) is 17.3. The van der Waals surface area contributed by atoms with E-state index in [4.69, 9.17) is 4.52 Å². The molecule has 0 saturated carbocycles. The lowest BCUT2D eigenvalue weighted by Crippen LogP contribution is -2.29. The molecule has 0 bridgehead atoms. The van der Waals surface area contributed by atoms with Gasteiger partial charge < -0.3 is 9.84 Å². The molecule has 0 aromatic carbocycles. The second-order valence-corrected chi connectivity index (χ2v) is 6.64. The van der Waals surface area contributed by atoms with E-state index in [1.807, 2.05) is 27.0 Å². The lowest BCUT2D eigenvalue weighted by molar-refractivity contribution is -0.118. The van der Waals surface area contributed by atoms with Gasteiger partial charge in [0.15, 0.2) is 5.82 Å². The zero-order valence-electron chi connectivity index (χ0n) is 15.1. The first-order valence-electron chi connectivity index (χ1n) is 8.48. The van der Waals surface area contributed by atoms with Crippen LogP contribution in [0.4, 0.5) is 5.82 Å². The predicted octanol–water partition coefficient (Wildman–Crippen LogP) is 2.00. The molecule has 2 aromatic heterocycles. The normalized spacial score (nSPS) is 15.5. The highest BCUT2D eigenvalue weighted by molar-refractivity contribution is 5.91. The molecule has 0 saturated heterocycles. The van der Waals surface area contributed by atoms with Crippen molar-refractivity contribution in [1.82, 2.24) is 24.8 Å². The van der Waals surface area contributed by atoms with Gasteiger partial charge in [0.2, 0.25) is 11.8 Å². The summed E-state index contributed by atoms with van der Waals surface area (Å²) in [5.74, 6) is 1.91. The van der Waals surface area contributed by atoms with Gasteiger partial charge in [-0.3, -0.25) is 14.4 Å². The molecule has 0 spiro atoms. The summed E-state index contributed by atoms with van der Waals surface area (Å²) in [6, 6.07) is 1.92. The zero-order valence-corrected chi connectivity index (χ0v) is 15.1. The Bertz CT molecular complexity index is 789. The summed E-state index contributed by atoms with van der Waals surface area (Å²) in [6.07, 6.45) is 3.14. The minimum Gasteiger partial charge on any atom is -0.340 e. The van der Waals surface area contributed by atoms with E-state index in [9.17, 15) is 4.79 Å². The van der Waals surface area contributed by atoms with E-state index in [1.54, 1.807) is 11.6 Å². The Hall–Kier alpha value is -2.48. The molecule has 3 rings (SSSR count). The van der Waals surface area contributed by atoms with Crippen molar-refractivity contribution in [3.63, 3.8) is 0 Å². The Morgan fingerprint density at radius 2 is 2.24 bits per heavy atom. The number of nitrogens with one attached hydrogen (secondary N) is 1. The van der Waals surface area contributed by atoms with Crippen LogP contribution in [0.1, 0.15) is 37.7 Å². The highest BCUT2D eigenvalue weighted by Crippen LogP contribution is 2.23. The number of aromatic nitrogens is 4. The minimum atomic E-state index is -0.0684. The molecule has 2 aromatic rings. The van der Waals surface area contributed by atoms with Gasteiger partial charge in [-0.25, -0.2) is 0 Å². The van der Waals surface area contributed by atoms with Crippen LogP contribution in [0, 0.1) is 12.8 Å². The maximum absolute atomic E-state index is 11.9. The third-order valence-corrected chi connectivity index (χ3v) is 4.15. The van der Waals surface area contributed by atoms with Crippen LogP contribution in [0.2, 0.25) is 0 Å². The summed E-state index contributed by atoms with van der Waals surface area (Å²) < 4.78 is 6.74. The summed E-state index contributed by atoms with van der Waals surface area (Å²) in [4.78, 5) is 18.4. The van der Waals surface area contributed by atoms with Crippen molar-refractivity contribution in [3.8, 4) is 0 Å². The topological polar surface area (TPSA) is 89.1 Å². The average molecular weight is 344 g/mol. The number of carbonyl (C=O) groups is 1. The fraction of sp³-hybridized carbons (Fsp3) is 0.529. The molecular formula is C17H24N6O2. The van der Waals surface area contributed by atoms with E-state index < -0.39 is 0 Å². The maximum atomic E-state index is 11.9. The molecule has 1 N–H and O–H groups in total. The van der Waals surface area contributed by atoms with Gasteiger partial charge in [-0.15, -0.1) is 0 Å². The van der Waals surface area contributed by atoms with Crippen molar-refractivity contribution in [3.05, 3.63) is 29.6 Å².